The molecule has 1 radical (unpaired) electrons. The van der Waals surface area contributed by atoms with Gasteiger partial charge in [0, 0.05) is 0 Å². The number of unbranched alkanes of at least 4 members (excludes halogenated alkanes) is 5. The zero-order valence-electron chi connectivity index (χ0n) is 11.4. The SMILES string of the molecule is CCCCCCCCN=C([Se])Cc1ccccc1. The van der Waals surface area contributed by atoms with E-state index in [4.69, 9.17) is 0 Å². The second-order valence-corrected chi connectivity index (χ2v) is 5.69. The molecule has 1 aromatic rings. The van der Waals surface area contributed by atoms with E-state index in [2.05, 4.69) is 58.3 Å². The Balaban J connectivity index is 2.11. The molecule has 0 unspecified atom stereocenters. The van der Waals surface area contributed by atoms with Crippen molar-refractivity contribution < 1.29 is 0 Å². The maximum absolute atomic E-state index is 4.60. The van der Waals surface area contributed by atoms with Crippen LogP contribution in [0.5, 0.6) is 0 Å². The van der Waals surface area contributed by atoms with Crippen molar-refractivity contribution in [2.45, 2.75) is 51.9 Å². The molecule has 0 heterocycles. The standard InChI is InChI=1S/C16H24NSe/c1-2-3-4-5-6-10-13-17-16(18)14-15-11-8-7-9-12-15/h7-9,11-12H,2-6,10,13-14H2,1H3. The second-order valence-electron chi connectivity index (χ2n) is 4.71. The van der Waals surface area contributed by atoms with Crippen LogP contribution in [0, 0.1) is 0 Å². The molecule has 18 heavy (non-hydrogen) atoms. The van der Waals surface area contributed by atoms with E-state index in [9.17, 15) is 0 Å². The summed E-state index contributed by atoms with van der Waals surface area (Å²) in [6, 6.07) is 10.5. The summed E-state index contributed by atoms with van der Waals surface area (Å²) < 4.78 is 1.13. The molecule has 0 bridgehead atoms. The van der Waals surface area contributed by atoms with Crippen LogP contribution < -0.4 is 0 Å². The molecule has 2 heteroatoms. The van der Waals surface area contributed by atoms with Gasteiger partial charge < -0.3 is 0 Å². The first-order chi connectivity index (χ1) is 8.83. The van der Waals surface area contributed by atoms with Crippen LogP contribution >= 0.6 is 0 Å². The van der Waals surface area contributed by atoms with E-state index in [1.165, 1.54) is 44.1 Å². The quantitative estimate of drug-likeness (QED) is 0.369. The Hall–Kier alpha value is -0.591. The van der Waals surface area contributed by atoms with E-state index < -0.39 is 0 Å². The van der Waals surface area contributed by atoms with Gasteiger partial charge in [-0.3, -0.25) is 0 Å². The fourth-order valence-corrected chi connectivity index (χ4v) is 2.46. The Kier molecular flexibility index (Phi) is 8.89. The topological polar surface area (TPSA) is 12.4 Å². The predicted molar refractivity (Wildman–Crippen MR) is 81.6 cm³/mol. The molecule has 0 fully saturated rings. The number of hydrogen-bond acceptors (Lipinski definition) is 1. The molecule has 99 valence electrons. The van der Waals surface area contributed by atoms with Crippen LogP contribution in [0.25, 0.3) is 0 Å². The van der Waals surface area contributed by atoms with Crippen LogP contribution in [-0.2, 0) is 6.42 Å². The number of hydrogen-bond donors (Lipinski definition) is 0. The van der Waals surface area contributed by atoms with Crippen molar-refractivity contribution in [2.75, 3.05) is 6.54 Å². The first-order valence-corrected chi connectivity index (χ1v) is 7.93. The van der Waals surface area contributed by atoms with E-state index in [1.54, 1.807) is 0 Å². The molecule has 0 aliphatic carbocycles. The fourth-order valence-electron chi connectivity index (χ4n) is 1.92. The van der Waals surface area contributed by atoms with Crippen LogP contribution in [-0.4, -0.2) is 27.2 Å². The average Bonchev–Trinajstić information content (AvgIpc) is 2.39. The van der Waals surface area contributed by atoms with Gasteiger partial charge in [-0.2, -0.15) is 0 Å². The van der Waals surface area contributed by atoms with Crippen molar-refractivity contribution in [3.05, 3.63) is 35.9 Å². The predicted octanol–water partition coefficient (Wildman–Crippen LogP) is 4.16. The Morgan fingerprint density at radius 1 is 1.00 bits per heavy atom. The molecule has 0 saturated carbocycles. The zero-order chi connectivity index (χ0) is 13.1. The van der Waals surface area contributed by atoms with E-state index in [1.807, 2.05) is 0 Å². The van der Waals surface area contributed by atoms with Crippen molar-refractivity contribution in [3.8, 4) is 0 Å². The van der Waals surface area contributed by atoms with Crippen LogP contribution in [0.3, 0.4) is 0 Å². The maximum atomic E-state index is 4.60. The molecule has 1 rings (SSSR count). The molecule has 0 aromatic heterocycles. The van der Waals surface area contributed by atoms with Crippen LogP contribution in [0.2, 0.25) is 0 Å². The van der Waals surface area contributed by atoms with Crippen LogP contribution in [0.1, 0.15) is 51.0 Å². The molecule has 0 atom stereocenters. The van der Waals surface area contributed by atoms with E-state index >= 15 is 0 Å². The Bertz CT molecular complexity index is 332. The summed E-state index contributed by atoms with van der Waals surface area (Å²) in [5.41, 5.74) is 1.33. The third-order valence-corrected chi connectivity index (χ3v) is 3.57. The molecule has 0 spiro atoms. The van der Waals surface area contributed by atoms with Gasteiger partial charge in [-0.15, -0.1) is 0 Å². The number of benzene rings is 1. The molecule has 0 saturated heterocycles. The second kappa shape index (κ2) is 10.3. The summed E-state index contributed by atoms with van der Waals surface area (Å²) in [6.45, 7) is 3.23. The minimum absolute atomic E-state index is 0.941. The first kappa shape index (κ1) is 15.5. The van der Waals surface area contributed by atoms with E-state index in [0.717, 1.165) is 17.6 Å². The van der Waals surface area contributed by atoms with Crippen LogP contribution in [0.4, 0.5) is 0 Å². The van der Waals surface area contributed by atoms with Gasteiger partial charge in [-0.05, 0) is 0 Å². The van der Waals surface area contributed by atoms with Crippen molar-refractivity contribution in [1.82, 2.24) is 0 Å². The summed E-state index contributed by atoms with van der Waals surface area (Å²) in [4.78, 5) is 4.60. The Morgan fingerprint density at radius 2 is 1.67 bits per heavy atom. The minimum atomic E-state index is 0.941. The van der Waals surface area contributed by atoms with Gasteiger partial charge in [0.1, 0.15) is 0 Å². The summed E-state index contributed by atoms with van der Waals surface area (Å²) in [7, 11) is 0. The average molecular weight is 309 g/mol. The summed E-state index contributed by atoms with van der Waals surface area (Å²) in [5, 5.41) is 0. The number of nitrogens with zero attached hydrogens (tertiary/aromatic N) is 1. The monoisotopic (exact) mass is 310 g/mol. The van der Waals surface area contributed by atoms with Crippen molar-refractivity contribution in [2.24, 2.45) is 4.99 Å². The van der Waals surface area contributed by atoms with Gasteiger partial charge in [0.15, 0.2) is 0 Å². The molecule has 0 amide bonds. The molecule has 1 nitrogen and oxygen atoms in total. The molecular formula is C16H24NSe. The van der Waals surface area contributed by atoms with Crippen molar-refractivity contribution >= 4 is 20.6 Å². The molecule has 0 aliphatic rings. The Labute approximate surface area is 120 Å². The zero-order valence-corrected chi connectivity index (χ0v) is 13.1. The van der Waals surface area contributed by atoms with Gasteiger partial charge in [0.05, 0.1) is 0 Å². The summed E-state index contributed by atoms with van der Waals surface area (Å²) in [5.74, 6) is 0. The van der Waals surface area contributed by atoms with Gasteiger partial charge in [-0.1, -0.05) is 0 Å². The summed E-state index contributed by atoms with van der Waals surface area (Å²) >= 11 is 3.09. The first-order valence-electron chi connectivity index (χ1n) is 7.07. The number of aliphatic imine (C=N–C) groups is 1. The molecule has 0 aliphatic heterocycles. The normalized spacial score (nSPS) is 11.7. The summed E-state index contributed by atoms with van der Waals surface area (Å²) in [6.07, 6.45) is 8.94. The van der Waals surface area contributed by atoms with Crippen LogP contribution in [0.15, 0.2) is 35.3 Å². The molecule has 1 aromatic carbocycles. The molecular weight excluding hydrogens is 285 g/mol. The Morgan fingerprint density at radius 3 is 2.39 bits per heavy atom. The van der Waals surface area contributed by atoms with Crippen molar-refractivity contribution in [1.29, 1.82) is 0 Å². The van der Waals surface area contributed by atoms with Gasteiger partial charge in [0.25, 0.3) is 0 Å². The van der Waals surface area contributed by atoms with Crippen molar-refractivity contribution in [3.63, 3.8) is 0 Å². The van der Waals surface area contributed by atoms with Gasteiger partial charge in [0.2, 0.25) is 0 Å². The third-order valence-electron chi connectivity index (χ3n) is 3.00. The van der Waals surface area contributed by atoms with E-state index in [-0.39, 0.29) is 0 Å². The van der Waals surface area contributed by atoms with Gasteiger partial charge in [-0.25, -0.2) is 0 Å². The fraction of sp³-hybridized carbons (Fsp3) is 0.562. The third kappa shape index (κ3) is 7.68. The molecule has 0 N–H and O–H groups in total. The van der Waals surface area contributed by atoms with Gasteiger partial charge >= 0.3 is 120 Å². The number of rotatable bonds is 9. The van der Waals surface area contributed by atoms with E-state index in [0.29, 0.717) is 0 Å².